The quantitative estimate of drug-likeness (QED) is 0.365. The molecule has 3 heteroatoms. The molecule has 0 spiro atoms. The Kier molecular flexibility index (Phi) is 8.51. The van der Waals surface area contributed by atoms with Gasteiger partial charge in [-0.3, -0.25) is 0 Å². The zero-order valence-corrected chi connectivity index (χ0v) is 18.1. The van der Waals surface area contributed by atoms with E-state index in [2.05, 4.69) is 77.0 Å². The Hall–Kier alpha value is -0.803. The van der Waals surface area contributed by atoms with Crippen LogP contribution in [0.1, 0.15) is 58.9 Å². The first-order chi connectivity index (χ1) is 11.2. The molecule has 0 saturated heterocycles. The lowest BCUT2D eigenvalue weighted by atomic mass is 10.1. The second kappa shape index (κ2) is 9.62. The highest BCUT2D eigenvalue weighted by molar-refractivity contribution is 6.74. The smallest absolute Gasteiger partial charge is 0.191 e. The number of hydrogen-bond acceptors (Lipinski definition) is 2. The van der Waals surface area contributed by atoms with E-state index in [1.807, 2.05) is 0 Å². The van der Waals surface area contributed by atoms with Crippen molar-refractivity contribution in [1.29, 1.82) is 0 Å². The molecular weight excluding hydrogens is 310 g/mol. The zero-order valence-electron chi connectivity index (χ0n) is 17.1. The van der Waals surface area contributed by atoms with Crippen molar-refractivity contribution in [2.75, 3.05) is 25.1 Å². The SMILES string of the molecule is CCc1ccc(N(C)CCCCCCO[Si](C)(C)C(C)(C)C)cc1. The minimum atomic E-state index is -1.55. The van der Waals surface area contributed by atoms with Gasteiger partial charge in [-0.25, -0.2) is 0 Å². The summed E-state index contributed by atoms with van der Waals surface area (Å²) in [6.45, 7) is 15.9. The molecule has 0 aromatic heterocycles. The molecule has 24 heavy (non-hydrogen) atoms. The largest absolute Gasteiger partial charge is 0.417 e. The van der Waals surface area contributed by atoms with Gasteiger partial charge in [0.05, 0.1) is 0 Å². The van der Waals surface area contributed by atoms with Crippen LogP contribution < -0.4 is 4.90 Å². The second-order valence-electron chi connectivity index (χ2n) is 8.46. The van der Waals surface area contributed by atoms with Gasteiger partial charge in [-0.05, 0) is 55.1 Å². The summed E-state index contributed by atoms with van der Waals surface area (Å²) in [7, 11) is 0.644. The van der Waals surface area contributed by atoms with Crippen molar-refractivity contribution in [3.8, 4) is 0 Å². The molecule has 0 heterocycles. The number of hydrogen-bond donors (Lipinski definition) is 0. The standard InChI is InChI=1S/C21H39NOSi/c1-8-19-13-15-20(16-14-19)22(5)17-11-9-10-12-18-23-24(6,7)21(2,3)4/h13-16H,8-12,17-18H2,1-7H3. The van der Waals surface area contributed by atoms with Crippen molar-refractivity contribution in [2.24, 2.45) is 0 Å². The van der Waals surface area contributed by atoms with Crippen LogP contribution in [0, 0.1) is 0 Å². The first-order valence-electron chi connectivity index (χ1n) is 9.61. The summed E-state index contributed by atoms with van der Waals surface area (Å²) in [4.78, 5) is 2.37. The fraction of sp³-hybridized carbons (Fsp3) is 0.714. The molecule has 0 aliphatic carbocycles. The van der Waals surface area contributed by atoms with Crippen molar-refractivity contribution in [2.45, 2.75) is 77.9 Å². The van der Waals surface area contributed by atoms with Gasteiger partial charge in [0, 0.05) is 25.9 Å². The van der Waals surface area contributed by atoms with E-state index in [-0.39, 0.29) is 0 Å². The average molecular weight is 350 g/mol. The molecule has 0 bridgehead atoms. The van der Waals surface area contributed by atoms with Crippen LogP contribution >= 0.6 is 0 Å². The highest BCUT2D eigenvalue weighted by atomic mass is 28.4. The van der Waals surface area contributed by atoms with Crippen LogP contribution in [0.15, 0.2) is 24.3 Å². The fourth-order valence-electron chi connectivity index (χ4n) is 2.46. The molecule has 0 amide bonds. The summed E-state index contributed by atoms with van der Waals surface area (Å²) < 4.78 is 6.24. The summed E-state index contributed by atoms with van der Waals surface area (Å²) in [6, 6.07) is 8.96. The Bertz CT molecular complexity index is 462. The summed E-state index contributed by atoms with van der Waals surface area (Å²) in [5.74, 6) is 0. The number of aryl methyl sites for hydroxylation is 1. The minimum absolute atomic E-state index is 0.322. The van der Waals surface area contributed by atoms with Crippen LogP contribution in [0.3, 0.4) is 0 Å². The van der Waals surface area contributed by atoms with Crippen molar-refractivity contribution in [1.82, 2.24) is 0 Å². The van der Waals surface area contributed by atoms with Gasteiger partial charge in [0.25, 0.3) is 0 Å². The molecule has 0 fully saturated rings. The van der Waals surface area contributed by atoms with Gasteiger partial charge in [0.15, 0.2) is 8.32 Å². The Morgan fingerprint density at radius 1 is 0.958 bits per heavy atom. The molecule has 0 unspecified atom stereocenters. The van der Waals surface area contributed by atoms with Crippen LogP contribution in [-0.2, 0) is 10.8 Å². The highest BCUT2D eigenvalue weighted by Gasteiger charge is 2.36. The van der Waals surface area contributed by atoms with E-state index in [1.54, 1.807) is 0 Å². The zero-order chi connectivity index (χ0) is 18.2. The fourth-order valence-corrected chi connectivity index (χ4v) is 3.55. The summed E-state index contributed by atoms with van der Waals surface area (Å²) in [6.07, 6.45) is 6.13. The van der Waals surface area contributed by atoms with E-state index in [4.69, 9.17) is 4.43 Å². The predicted molar refractivity (Wildman–Crippen MR) is 111 cm³/mol. The first-order valence-corrected chi connectivity index (χ1v) is 12.5. The van der Waals surface area contributed by atoms with Gasteiger partial charge >= 0.3 is 0 Å². The van der Waals surface area contributed by atoms with Crippen LogP contribution in [0.4, 0.5) is 5.69 Å². The third kappa shape index (κ3) is 6.98. The van der Waals surface area contributed by atoms with Crippen molar-refractivity contribution >= 4 is 14.0 Å². The Morgan fingerprint density at radius 2 is 1.54 bits per heavy atom. The second-order valence-corrected chi connectivity index (χ2v) is 13.3. The molecule has 1 aromatic carbocycles. The first kappa shape index (κ1) is 21.2. The van der Waals surface area contributed by atoms with Crippen LogP contribution in [-0.4, -0.2) is 28.5 Å². The van der Waals surface area contributed by atoms with E-state index in [1.165, 1.54) is 36.9 Å². The Balaban J connectivity index is 2.15. The molecule has 0 aliphatic heterocycles. The minimum Gasteiger partial charge on any atom is -0.417 e. The monoisotopic (exact) mass is 349 g/mol. The Morgan fingerprint density at radius 3 is 2.08 bits per heavy atom. The number of nitrogens with zero attached hydrogens (tertiary/aromatic N) is 1. The maximum absolute atomic E-state index is 6.24. The van der Waals surface area contributed by atoms with E-state index in [0.717, 1.165) is 19.6 Å². The van der Waals surface area contributed by atoms with E-state index >= 15 is 0 Å². The molecule has 0 saturated carbocycles. The lowest BCUT2D eigenvalue weighted by Gasteiger charge is -2.36. The molecule has 1 aromatic rings. The third-order valence-corrected chi connectivity index (χ3v) is 9.98. The normalized spacial score (nSPS) is 12.5. The van der Waals surface area contributed by atoms with E-state index in [9.17, 15) is 0 Å². The maximum atomic E-state index is 6.24. The molecule has 0 atom stereocenters. The van der Waals surface area contributed by atoms with Gasteiger partial charge in [0.1, 0.15) is 0 Å². The van der Waals surface area contributed by atoms with Gasteiger partial charge in [0.2, 0.25) is 0 Å². The van der Waals surface area contributed by atoms with Crippen molar-refractivity contribution in [3.05, 3.63) is 29.8 Å². The number of benzene rings is 1. The van der Waals surface area contributed by atoms with Crippen LogP contribution in [0.5, 0.6) is 0 Å². The number of unbranched alkanes of at least 4 members (excludes halogenated alkanes) is 3. The van der Waals surface area contributed by atoms with Gasteiger partial charge in [-0.1, -0.05) is 52.7 Å². The Labute approximate surface area is 151 Å². The van der Waals surface area contributed by atoms with Gasteiger partial charge < -0.3 is 9.33 Å². The van der Waals surface area contributed by atoms with Crippen molar-refractivity contribution in [3.63, 3.8) is 0 Å². The molecule has 0 aliphatic rings. The predicted octanol–water partition coefficient (Wildman–Crippen LogP) is 6.27. The summed E-state index contributed by atoms with van der Waals surface area (Å²) in [5, 5.41) is 0.322. The van der Waals surface area contributed by atoms with Gasteiger partial charge in [-0.15, -0.1) is 0 Å². The highest BCUT2D eigenvalue weighted by Crippen LogP contribution is 2.36. The summed E-state index contributed by atoms with van der Waals surface area (Å²) in [5.41, 5.74) is 2.74. The van der Waals surface area contributed by atoms with E-state index in [0.29, 0.717) is 5.04 Å². The van der Waals surface area contributed by atoms with Crippen LogP contribution in [0.25, 0.3) is 0 Å². The molecule has 1 rings (SSSR count). The molecule has 0 radical (unpaired) electrons. The number of anilines is 1. The number of rotatable bonds is 10. The maximum Gasteiger partial charge on any atom is 0.191 e. The molecule has 138 valence electrons. The third-order valence-electron chi connectivity index (χ3n) is 5.44. The molecule has 0 N–H and O–H groups in total. The average Bonchev–Trinajstić information content (AvgIpc) is 2.52. The van der Waals surface area contributed by atoms with Gasteiger partial charge in [-0.2, -0.15) is 0 Å². The van der Waals surface area contributed by atoms with Crippen LogP contribution in [0.2, 0.25) is 18.1 Å². The topological polar surface area (TPSA) is 12.5 Å². The lowest BCUT2D eigenvalue weighted by molar-refractivity contribution is 0.277. The lowest BCUT2D eigenvalue weighted by Crippen LogP contribution is -2.40. The van der Waals surface area contributed by atoms with E-state index < -0.39 is 8.32 Å². The summed E-state index contributed by atoms with van der Waals surface area (Å²) >= 11 is 0. The molecular formula is C21H39NOSi. The molecule has 2 nitrogen and oxygen atoms in total. The van der Waals surface area contributed by atoms with Crippen molar-refractivity contribution < 1.29 is 4.43 Å².